The van der Waals surface area contributed by atoms with Crippen molar-refractivity contribution >= 4 is 39.4 Å². The van der Waals surface area contributed by atoms with Crippen molar-refractivity contribution in [2.75, 3.05) is 20.2 Å². The van der Waals surface area contributed by atoms with Crippen LogP contribution >= 0.6 is 11.6 Å². The van der Waals surface area contributed by atoms with Gasteiger partial charge >= 0.3 is 5.97 Å². The quantitative estimate of drug-likeness (QED) is 0.609. The molecule has 1 saturated carbocycles. The second kappa shape index (κ2) is 8.02. The first-order chi connectivity index (χ1) is 12.1. The predicted octanol–water partition coefficient (Wildman–Crippen LogP) is -0.119. The second-order valence-corrected chi connectivity index (χ2v) is 7.79. The first kappa shape index (κ1) is 20.1. The molecule has 11 heteroatoms. The van der Waals surface area contributed by atoms with Crippen molar-refractivity contribution in [2.24, 2.45) is 5.14 Å². The molecule has 1 fully saturated rings. The highest BCUT2D eigenvalue weighted by atomic mass is 35.5. The van der Waals surface area contributed by atoms with Crippen LogP contribution in [0.5, 0.6) is 0 Å². The van der Waals surface area contributed by atoms with E-state index in [2.05, 4.69) is 5.32 Å². The highest BCUT2D eigenvalue weighted by molar-refractivity contribution is 7.89. The SMILES string of the molecule is CN(CC(=O)NC1CC1)C(=O)COC(=O)c1ccc(Cl)c(S(N)(=O)=O)c1. The molecule has 1 aliphatic rings. The Kier molecular flexibility index (Phi) is 6.21. The number of hydrogen-bond acceptors (Lipinski definition) is 6. The monoisotopic (exact) mass is 403 g/mol. The standard InChI is InChI=1S/C15H18ClN3O6S/c1-19(7-13(20)18-10-3-4-10)14(21)8-25-15(22)9-2-5-11(16)12(6-9)26(17,23)24/h2,5-6,10H,3-4,7-8H2,1H3,(H,18,20)(H2,17,23,24). The van der Waals surface area contributed by atoms with E-state index in [1.807, 2.05) is 0 Å². The van der Waals surface area contributed by atoms with E-state index in [1.165, 1.54) is 19.2 Å². The Labute approximate surface area is 155 Å². The zero-order valence-corrected chi connectivity index (χ0v) is 15.5. The van der Waals surface area contributed by atoms with Crippen molar-refractivity contribution in [3.8, 4) is 0 Å². The van der Waals surface area contributed by atoms with Crippen molar-refractivity contribution in [1.82, 2.24) is 10.2 Å². The topological polar surface area (TPSA) is 136 Å². The fraction of sp³-hybridized carbons (Fsp3) is 0.400. The Morgan fingerprint density at radius 1 is 1.35 bits per heavy atom. The molecular formula is C15H18ClN3O6S. The van der Waals surface area contributed by atoms with Crippen molar-refractivity contribution in [3.63, 3.8) is 0 Å². The number of nitrogens with zero attached hydrogens (tertiary/aromatic N) is 1. The van der Waals surface area contributed by atoms with Crippen LogP contribution < -0.4 is 10.5 Å². The summed E-state index contributed by atoms with van der Waals surface area (Å²) >= 11 is 5.73. The number of sulfonamides is 1. The number of halogens is 1. The van der Waals surface area contributed by atoms with Crippen molar-refractivity contribution in [3.05, 3.63) is 28.8 Å². The van der Waals surface area contributed by atoms with Crippen LogP contribution in [0.15, 0.2) is 23.1 Å². The Morgan fingerprint density at radius 3 is 2.58 bits per heavy atom. The number of primary sulfonamides is 1. The summed E-state index contributed by atoms with van der Waals surface area (Å²) in [5.41, 5.74) is -0.125. The largest absolute Gasteiger partial charge is 0.452 e. The van der Waals surface area contributed by atoms with Gasteiger partial charge in [-0.25, -0.2) is 18.4 Å². The molecule has 2 amide bonds. The fourth-order valence-corrected chi connectivity index (χ4v) is 3.04. The molecule has 2 rings (SSSR count). The van der Waals surface area contributed by atoms with Crippen LogP contribution in [0.1, 0.15) is 23.2 Å². The summed E-state index contributed by atoms with van der Waals surface area (Å²) in [7, 11) is -2.71. The van der Waals surface area contributed by atoms with E-state index < -0.39 is 33.4 Å². The summed E-state index contributed by atoms with van der Waals surface area (Å²) in [5.74, 6) is -1.79. The molecule has 0 atom stereocenters. The lowest BCUT2D eigenvalue weighted by atomic mass is 10.2. The normalized spacial score (nSPS) is 13.8. The number of carbonyl (C=O) groups excluding carboxylic acids is 3. The minimum absolute atomic E-state index is 0.125. The zero-order valence-electron chi connectivity index (χ0n) is 13.9. The Morgan fingerprint density at radius 2 is 2.00 bits per heavy atom. The molecule has 0 unspecified atom stereocenters. The number of amides is 2. The highest BCUT2D eigenvalue weighted by Gasteiger charge is 2.24. The summed E-state index contributed by atoms with van der Waals surface area (Å²) in [5, 5.41) is 7.61. The van der Waals surface area contributed by atoms with Crippen LogP contribution in [-0.4, -0.2) is 57.3 Å². The molecule has 1 aromatic rings. The summed E-state index contributed by atoms with van der Waals surface area (Å²) < 4.78 is 27.7. The summed E-state index contributed by atoms with van der Waals surface area (Å²) in [4.78, 5) is 36.3. The molecule has 9 nitrogen and oxygen atoms in total. The number of hydrogen-bond donors (Lipinski definition) is 2. The molecule has 26 heavy (non-hydrogen) atoms. The number of benzene rings is 1. The van der Waals surface area contributed by atoms with Crippen LogP contribution in [0.4, 0.5) is 0 Å². The molecule has 3 N–H and O–H groups in total. The number of nitrogens with two attached hydrogens (primary N) is 1. The van der Waals surface area contributed by atoms with Gasteiger partial charge < -0.3 is 15.0 Å². The fourth-order valence-electron chi connectivity index (χ4n) is 1.97. The highest BCUT2D eigenvalue weighted by Crippen LogP contribution is 2.22. The third kappa shape index (κ3) is 5.68. The molecule has 0 saturated heterocycles. The second-order valence-electron chi connectivity index (χ2n) is 5.86. The minimum Gasteiger partial charge on any atom is -0.452 e. The van der Waals surface area contributed by atoms with Gasteiger partial charge in [0.2, 0.25) is 15.9 Å². The van der Waals surface area contributed by atoms with Crippen molar-refractivity contribution in [2.45, 2.75) is 23.8 Å². The van der Waals surface area contributed by atoms with Crippen LogP contribution in [0.2, 0.25) is 5.02 Å². The lowest BCUT2D eigenvalue weighted by molar-refractivity contribution is -0.137. The molecule has 1 aromatic carbocycles. The molecule has 0 spiro atoms. The molecular weight excluding hydrogens is 386 g/mol. The number of ether oxygens (including phenoxy) is 1. The Balaban J connectivity index is 1.91. The van der Waals surface area contributed by atoms with Gasteiger partial charge in [0.25, 0.3) is 5.91 Å². The maximum atomic E-state index is 12.0. The van der Waals surface area contributed by atoms with Gasteiger partial charge in [0.05, 0.1) is 17.1 Å². The molecule has 0 radical (unpaired) electrons. The zero-order chi connectivity index (χ0) is 19.5. The summed E-state index contributed by atoms with van der Waals surface area (Å²) in [6.45, 7) is -0.747. The summed E-state index contributed by atoms with van der Waals surface area (Å²) in [6.07, 6.45) is 1.87. The predicted molar refractivity (Wildman–Crippen MR) is 91.9 cm³/mol. The molecule has 1 aliphatic carbocycles. The maximum absolute atomic E-state index is 12.0. The van der Waals surface area contributed by atoms with E-state index in [0.29, 0.717) is 0 Å². The number of carbonyl (C=O) groups is 3. The van der Waals surface area contributed by atoms with Gasteiger partial charge in [-0.1, -0.05) is 11.6 Å². The first-order valence-electron chi connectivity index (χ1n) is 7.60. The first-order valence-corrected chi connectivity index (χ1v) is 9.53. The Hall–Kier alpha value is -2.17. The number of rotatable bonds is 7. The van der Waals surface area contributed by atoms with Gasteiger partial charge in [0.1, 0.15) is 4.90 Å². The van der Waals surface area contributed by atoms with Gasteiger partial charge in [-0.3, -0.25) is 9.59 Å². The van der Waals surface area contributed by atoms with Crippen LogP contribution in [0.3, 0.4) is 0 Å². The molecule has 142 valence electrons. The molecule has 0 heterocycles. The van der Waals surface area contributed by atoms with E-state index >= 15 is 0 Å². The Bertz CT molecular complexity index is 838. The van der Waals surface area contributed by atoms with Crippen LogP contribution in [0, 0.1) is 0 Å². The lowest BCUT2D eigenvalue weighted by Gasteiger charge is -2.16. The number of likely N-dealkylation sites (N-methyl/N-ethyl adjacent to an activating group) is 1. The van der Waals surface area contributed by atoms with E-state index in [1.54, 1.807) is 0 Å². The third-order valence-corrected chi connectivity index (χ3v) is 4.94. The number of esters is 1. The van der Waals surface area contributed by atoms with E-state index in [9.17, 15) is 22.8 Å². The van der Waals surface area contributed by atoms with Crippen molar-refractivity contribution < 1.29 is 27.5 Å². The van der Waals surface area contributed by atoms with Gasteiger partial charge in [-0.05, 0) is 31.0 Å². The van der Waals surface area contributed by atoms with E-state index in [0.717, 1.165) is 23.8 Å². The summed E-state index contributed by atoms with van der Waals surface area (Å²) in [6, 6.07) is 3.59. The average Bonchev–Trinajstić information content (AvgIpc) is 3.35. The minimum atomic E-state index is -4.11. The van der Waals surface area contributed by atoms with Crippen LogP contribution in [0.25, 0.3) is 0 Å². The van der Waals surface area contributed by atoms with Gasteiger partial charge in [0.15, 0.2) is 6.61 Å². The van der Waals surface area contributed by atoms with Gasteiger partial charge in [-0.15, -0.1) is 0 Å². The molecule has 0 bridgehead atoms. The van der Waals surface area contributed by atoms with Crippen molar-refractivity contribution in [1.29, 1.82) is 0 Å². The third-order valence-electron chi connectivity index (χ3n) is 3.55. The molecule has 0 aliphatic heterocycles. The van der Waals surface area contributed by atoms with E-state index in [-0.39, 0.29) is 29.1 Å². The van der Waals surface area contributed by atoms with E-state index in [4.69, 9.17) is 21.5 Å². The lowest BCUT2D eigenvalue weighted by Crippen LogP contribution is -2.40. The smallest absolute Gasteiger partial charge is 0.338 e. The maximum Gasteiger partial charge on any atom is 0.338 e. The number of nitrogens with one attached hydrogen (secondary N) is 1. The average molecular weight is 404 g/mol. The van der Waals surface area contributed by atoms with Crippen LogP contribution in [-0.2, 0) is 24.3 Å². The van der Waals surface area contributed by atoms with Gasteiger partial charge in [-0.2, -0.15) is 0 Å². The molecule has 0 aromatic heterocycles. The van der Waals surface area contributed by atoms with Gasteiger partial charge in [0, 0.05) is 13.1 Å².